The molecule has 2 heterocycles. The summed E-state index contributed by atoms with van der Waals surface area (Å²) in [5, 5.41) is 2.28. The number of carbonyl (C=O) groups is 5. The molecule has 5 rings (SSSR count). The molecule has 1 unspecified atom stereocenters. The standard InChI is InChI=1S/C26H27N3O5/c1-15-11-19(24(32)27-23(15)31)13-20(30)28(14-16-5-3-2-4-6-16)9-10-29-25(33)21-17-7-8-18(12-17)22(21)26(29)34/h2-8,11,17-19,21-22H,9-10,12-14H2,1H3,(H,27,31,32)/t17-,18+,19?,21+,22-. The van der Waals surface area contributed by atoms with Gasteiger partial charge in [0.05, 0.1) is 17.8 Å². The van der Waals surface area contributed by atoms with Crippen molar-refractivity contribution < 1.29 is 24.0 Å². The Morgan fingerprint density at radius 1 is 1.03 bits per heavy atom. The van der Waals surface area contributed by atoms with Crippen LogP contribution in [0.1, 0.15) is 25.3 Å². The molecule has 4 aliphatic rings. The van der Waals surface area contributed by atoms with Crippen LogP contribution in [0.2, 0.25) is 0 Å². The summed E-state index contributed by atoms with van der Waals surface area (Å²) in [5.74, 6) is -2.48. The first-order valence-corrected chi connectivity index (χ1v) is 11.7. The fourth-order valence-electron chi connectivity index (χ4n) is 5.73. The van der Waals surface area contributed by atoms with Crippen LogP contribution < -0.4 is 5.32 Å². The van der Waals surface area contributed by atoms with Crippen molar-refractivity contribution in [2.75, 3.05) is 13.1 Å². The molecule has 1 saturated heterocycles. The van der Waals surface area contributed by atoms with Gasteiger partial charge >= 0.3 is 0 Å². The monoisotopic (exact) mass is 461 g/mol. The highest BCUT2D eigenvalue weighted by Crippen LogP contribution is 2.52. The van der Waals surface area contributed by atoms with E-state index in [0.29, 0.717) is 12.1 Å². The Balaban J connectivity index is 1.30. The highest BCUT2D eigenvalue weighted by molar-refractivity contribution is 6.09. The smallest absolute Gasteiger partial charge is 0.253 e. The molecular weight excluding hydrogens is 434 g/mol. The molecule has 5 amide bonds. The van der Waals surface area contributed by atoms with Crippen LogP contribution in [-0.4, -0.2) is 52.4 Å². The van der Waals surface area contributed by atoms with Crippen molar-refractivity contribution in [3.05, 3.63) is 59.7 Å². The first kappa shape index (κ1) is 22.3. The molecule has 1 saturated carbocycles. The molecule has 2 bridgehead atoms. The second-order valence-corrected chi connectivity index (χ2v) is 9.61. The maximum absolute atomic E-state index is 13.3. The molecule has 176 valence electrons. The maximum atomic E-state index is 13.3. The van der Waals surface area contributed by atoms with E-state index in [2.05, 4.69) is 17.5 Å². The van der Waals surface area contributed by atoms with Crippen LogP contribution in [0, 0.1) is 29.6 Å². The highest BCUT2D eigenvalue weighted by atomic mass is 16.2. The van der Waals surface area contributed by atoms with Crippen molar-refractivity contribution in [3.8, 4) is 0 Å². The van der Waals surface area contributed by atoms with Crippen molar-refractivity contribution in [1.29, 1.82) is 0 Å². The predicted octanol–water partition coefficient (Wildman–Crippen LogP) is 1.43. The average molecular weight is 462 g/mol. The van der Waals surface area contributed by atoms with E-state index in [9.17, 15) is 24.0 Å². The Bertz CT molecular complexity index is 1090. The number of allylic oxidation sites excluding steroid dienone is 2. The Kier molecular flexibility index (Phi) is 5.67. The molecule has 0 aromatic heterocycles. The number of carbonyl (C=O) groups excluding carboxylic acids is 5. The van der Waals surface area contributed by atoms with Crippen LogP contribution in [0.5, 0.6) is 0 Å². The van der Waals surface area contributed by atoms with Gasteiger partial charge in [-0.25, -0.2) is 0 Å². The number of rotatable bonds is 7. The SMILES string of the molecule is CC1=CC(CC(=O)N(CCN2C(=O)[C@@H]3[C@H](C2=O)[C@H]2C=C[C@@H]3C2)Cc2ccccc2)C(=O)NC1=O. The zero-order valence-electron chi connectivity index (χ0n) is 19.0. The zero-order chi connectivity index (χ0) is 24.0. The minimum Gasteiger partial charge on any atom is -0.337 e. The van der Waals surface area contributed by atoms with Gasteiger partial charge in [-0.15, -0.1) is 0 Å². The lowest BCUT2D eigenvalue weighted by Crippen LogP contribution is -2.44. The van der Waals surface area contributed by atoms with Gasteiger partial charge in [-0.1, -0.05) is 48.6 Å². The predicted molar refractivity (Wildman–Crippen MR) is 121 cm³/mol. The third-order valence-electron chi connectivity index (χ3n) is 7.50. The van der Waals surface area contributed by atoms with Gasteiger partial charge in [0.1, 0.15) is 0 Å². The lowest BCUT2D eigenvalue weighted by atomic mass is 9.85. The van der Waals surface area contributed by atoms with E-state index in [-0.39, 0.29) is 60.9 Å². The van der Waals surface area contributed by atoms with Crippen LogP contribution in [0.3, 0.4) is 0 Å². The number of hydrogen-bond donors (Lipinski definition) is 1. The van der Waals surface area contributed by atoms with Crippen molar-refractivity contribution >= 4 is 29.5 Å². The number of hydrogen-bond acceptors (Lipinski definition) is 5. The minimum atomic E-state index is -0.737. The summed E-state index contributed by atoms with van der Waals surface area (Å²) in [7, 11) is 0. The summed E-state index contributed by atoms with van der Waals surface area (Å²) in [6.07, 6.45) is 6.42. The largest absolute Gasteiger partial charge is 0.337 e. The quantitative estimate of drug-likeness (QED) is 0.489. The third kappa shape index (κ3) is 3.87. The molecule has 5 atom stereocenters. The molecule has 2 aliphatic carbocycles. The Labute approximate surface area is 197 Å². The fourth-order valence-corrected chi connectivity index (χ4v) is 5.73. The second kappa shape index (κ2) is 8.66. The molecule has 2 aliphatic heterocycles. The van der Waals surface area contributed by atoms with Gasteiger partial charge in [0.15, 0.2) is 0 Å². The van der Waals surface area contributed by atoms with Gasteiger partial charge in [-0.2, -0.15) is 0 Å². The van der Waals surface area contributed by atoms with E-state index >= 15 is 0 Å². The van der Waals surface area contributed by atoms with Gasteiger partial charge in [-0.05, 0) is 30.7 Å². The summed E-state index contributed by atoms with van der Waals surface area (Å²) < 4.78 is 0. The summed E-state index contributed by atoms with van der Waals surface area (Å²) in [6.45, 7) is 2.21. The summed E-state index contributed by atoms with van der Waals surface area (Å²) >= 11 is 0. The molecule has 1 aromatic carbocycles. The van der Waals surface area contributed by atoms with Gasteiger partial charge < -0.3 is 4.90 Å². The van der Waals surface area contributed by atoms with E-state index in [1.165, 1.54) is 11.0 Å². The first-order chi connectivity index (χ1) is 16.3. The Morgan fingerprint density at radius 3 is 2.32 bits per heavy atom. The van der Waals surface area contributed by atoms with E-state index in [1.807, 2.05) is 30.3 Å². The molecule has 0 spiro atoms. The lowest BCUT2D eigenvalue weighted by molar-refractivity contribution is -0.143. The molecule has 8 heteroatoms. The van der Waals surface area contributed by atoms with Gasteiger partial charge in [0, 0.05) is 31.6 Å². The number of fused-ring (bicyclic) bond motifs is 5. The maximum Gasteiger partial charge on any atom is 0.253 e. The van der Waals surface area contributed by atoms with Gasteiger partial charge in [0.25, 0.3) is 5.91 Å². The second-order valence-electron chi connectivity index (χ2n) is 9.61. The number of nitrogens with one attached hydrogen (secondary N) is 1. The molecule has 1 aromatic rings. The Morgan fingerprint density at radius 2 is 1.68 bits per heavy atom. The van der Waals surface area contributed by atoms with Gasteiger partial charge in [-0.3, -0.25) is 34.2 Å². The average Bonchev–Trinajstić information content (AvgIpc) is 3.50. The van der Waals surface area contributed by atoms with Crippen molar-refractivity contribution in [2.24, 2.45) is 29.6 Å². The number of amides is 5. The van der Waals surface area contributed by atoms with Crippen LogP contribution in [-0.2, 0) is 30.5 Å². The summed E-state index contributed by atoms with van der Waals surface area (Å²) in [6, 6.07) is 9.44. The van der Waals surface area contributed by atoms with Gasteiger partial charge in [0.2, 0.25) is 23.6 Å². The summed E-state index contributed by atoms with van der Waals surface area (Å²) in [5.41, 5.74) is 1.30. The normalized spacial score (nSPS) is 29.4. The summed E-state index contributed by atoms with van der Waals surface area (Å²) in [4.78, 5) is 66.2. The van der Waals surface area contributed by atoms with Crippen molar-refractivity contribution in [1.82, 2.24) is 15.1 Å². The van der Waals surface area contributed by atoms with E-state index in [4.69, 9.17) is 0 Å². The molecule has 8 nitrogen and oxygen atoms in total. The highest BCUT2D eigenvalue weighted by Gasteiger charge is 2.59. The van der Waals surface area contributed by atoms with Crippen molar-refractivity contribution in [2.45, 2.75) is 26.3 Å². The third-order valence-corrected chi connectivity index (χ3v) is 7.50. The zero-order valence-corrected chi connectivity index (χ0v) is 19.0. The van der Waals surface area contributed by atoms with Crippen molar-refractivity contribution in [3.63, 3.8) is 0 Å². The number of benzene rings is 1. The Hall–Kier alpha value is -3.55. The molecule has 1 N–H and O–H groups in total. The topological polar surface area (TPSA) is 104 Å². The molecule has 0 radical (unpaired) electrons. The van der Waals surface area contributed by atoms with E-state index in [0.717, 1.165) is 12.0 Å². The molecule has 2 fully saturated rings. The molecular formula is C26H27N3O5. The number of imide groups is 2. The number of likely N-dealkylation sites (tertiary alicyclic amines) is 1. The van der Waals surface area contributed by atoms with Crippen LogP contribution in [0.25, 0.3) is 0 Å². The lowest BCUT2D eigenvalue weighted by Gasteiger charge is -2.27. The van der Waals surface area contributed by atoms with Crippen LogP contribution in [0.15, 0.2) is 54.1 Å². The first-order valence-electron chi connectivity index (χ1n) is 11.7. The minimum absolute atomic E-state index is 0.0928. The van der Waals surface area contributed by atoms with E-state index < -0.39 is 17.7 Å². The van der Waals surface area contributed by atoms with Crippen LogP contribution in [0.4, 0.5) is 0 Å². The van der Waals surface area contributed by atoms with Crippen LogP contribution >= 0.6 is 0 Å². The van der Waals surface area contributed by atoms with E-state index in [1.54, 1.807) is 11.8 Å². The molecule has 34 heavy (non-hydrogen) atoms. The number of nitrogens with zero attached hydrogens (tertiary/aromatic N) is 2. The fraction of sp³-hybridized carbons (Fsp3) is 0.423.